The molecule has 5 nitrogen and oxygen atoms in total. The van der Waals surface area contributed by atoms with Crippen LogP contribution in [0.1, 0.15) is 5.56 Å². The van der Waals surface area contributed by atoms with Crippen LogP contribution in [0.25, 0.3) is 0 Å². The van der Waals surface area contributed by atoms with Gasteiger partial charge >= 0.3 is 5.97 Å². The Labute approximate surface area is 126 Å². The molecule has 108 valence electrons. The zero-order valence-electron chi connectivity index (χ0n) is 11.4. The second-order valence-electron chi connectivity index (χ2n) is 4.04. The molecular formula is C14H16BrNO4. The molecule has 1 rings (SSSR count). The van der Waals surface area contributed by atoms with Gasteiger partial charge in [-0.05, 0) is 28.1 Å². The normalized spacial score (nSPS) is 10.2. The Morgan fingerprint density at radius 2 is 2.05 bits per heavy atom. The summed E-state index contributed by atoms with van der Waals surface area (Å²) in [6.45, 7) is 0.475. The second-order valence-corrected chi connectivity index (χ2v) is 4.90. The highest BCUT2D eigenvalue weighted by atomic mass is 79.9. The third-order valence-corrected chi connectivity index (χ3v) is 3.24. The summed E-state index contributed by atoms with van der Waals surface area (Å²) >= 11 is 3.37. The van der Waals surface area contributed by atoms with Crippen molar-refractivity contribution in [1.29, 1.82) is 0 Å². The van der Waals surface area contributed by atoms with E-state index in [9.17, 15) is 4.79 Å². The van der Waals surface area contributed by atoms with Gasteiger partial charge in [-0.25, -0.2) is 0 Å². The van der Waals surface area contributed by atoms with Gasteiger partial charge in [0.1, 0.15) is 11.5 Å². The van der Waals surface area contributed by atoms with Crippen LogP contribution >= 0.6 is 15.9 Å². The fourth-order valence-corrected chi connectivity index (χ4v) is 2.26. The van der Waals surface area contributed by atoms with Gasteiger partial charge in [0, 0.05) is 12.1 Å². The average Bonchev–Trinajstić information content (AvgIpc) is 2.39. The van der Waals surface area contributed by atoms with Gasteiger partial charge in [-0.15, -0.1) is 6.42 Å². The first-order valence-corrected chi connectivity index (χ1v) is 6.59. The summed E-state index contributed by atoms with van der Waals surface area (Å²) in [7, 11) is 3.12. The van der Waals surface area contributed by atoms with Gasteiger partial charge in [0.2, 0.25) is 0 Å². The number of hydrogen-bond donors (Lipinski definition) is 1. The first-order chi connectivity index (χ1) is 9.51. The number of carbonyl (C=O) groups is 1. The summed E-state index contributed by atoms with van der Waals surface area (Å²) in [6.07, 6.45) is 5.26. The molecule has 0 saturated heterocycles. The van der Waals surface area contributed by atoms with Crippen LogP contribution in [0, 0.1) is 12.3 Å². The molecule has 0 aliphatic rings. The van der Waals surface area contributed by atoms with Crippen molar-refractivity contribution < 1.29 is 19.4 Å². The maximum atomic E-state index is 10.8. The van der Waals surface area contributed by atoms with Crippen molar-refractivity contribution in [2.45, 2.75) is 6.54 Å². The van der Waals surface area contributed by atoms with E-state index < -0.39 is 5.97 Å². The topological polar surface area (TPSA) is 59.0 Å². The molecule has 0 saturated carbocycles. The van der Waals surface area contributed by atoms with Crippen molar-refractivity contribution in [2.24, 2.45) is 0 Å². The van der Waals surface area contributed by atoms with Crippen molar-refractivity contribution in [2.75, 3.05) is 27.3 Å². The molecule has 1 aromatic rings. The van der Waals surface area contributed by atoms with Crippen molar-refractivity contribution in [1.82, 2.24) is 4.90 Å². The molecule has 1 aromatic carbocycles. The quantitative estimate of drug-likeness (QED) is 0.768. The molecule has 1 N–H and O–H groups in total. The van der Waals surface area contributed by atoms with E-state index in [1.54, 1.807) is 31.3 Å². The molecule has 0 spiro atoms. The van der Waals surface area contributed by atoms with Crippen LogP contribution in [0.2, 0.25) is 0 Å². The third-order valence-electron chi connectivity index (χ3n) is 2.62. The zero-order chi connectivity index (χ0) is 15.1. The molecule has 6 heteroatoms. The highest BCUT2D eigenvalue weighted by Crippen LogP contribution is 2.33. The minimum Gasteiger partial charge on any atom is -0.496 e. The van der Waals surface area contributed by atoms with Crippen molar-refractivity contribution in [3.63, 3.8) is 0 Å². The molecule has 0 fully saturated rings. The molecule has 0 unspecified atom stereocenters. The van der Waals surface area contributed by atoms with E-state index in [2.05, 4.69) is 21.9 Å². The number of terminal acetylenes is 1. The van der Waals surface area contributed by atoms with Gasteiger partial charge in [0.25, 0.3) is 0 Å². The van der Waals surface area contributed by atoms with Gasteiger partial charge in [0.15, 0.2) is 0 Å². The summed E-state index contributed by atoms with van der Waals surface area (Å²) in [5, 5.41) is 8.89. The van der Waals surface area contributed by atoms with Crippen LogP contribution in [-0.2, 0) is 11.3 Å². The zero-order valence-corrected chi connectivity index (χ0v) is 12.9. The lowest BCUT2D eigenvalue weighted by Gasteiger charge is -2.20. The molecule has 0 aliphatic heterocycles. The van der Waals surface area contributed by atoms with Gasteiger partial charge in [-0.2, -0.15) is 0 Å². The Kier molecular flexibility index (Phi) is 6.36. The molecule has 0 bridgehead atoms. The number of carboxylic acids is 1. The van der Waals surface area contributed by atoms with E-state index in [1.807, 2.05) is 0 Å². The number of hydrogen-bond acceptors (Lipinski definition) is 4. The third kappa shape index (κ3) is 4.44. The Hall–Kier alpha value is -1.71. The molecule has 0 aromatic heterocycles. The van der Waals surface area contributed by atoms with E-state index in [-0.39, 0.29) is 13.1 Å². The first-order valence-electron chi connectivity index (χ1n) is 5.79. The van der Waals surface area contributed by atoms with Crippen molar-refractivity contribution >= 4 is 21.9 Å². The van der Waals surface area contributed by atoms with Gasteiger partial charge in [0.05, 0.1) is 31.8 Å². The minimum absolute atomic E-state index is 0.133. The Morgan fingerprint density at radius 1 is 1.40 bits per heavy atom. The predicted octanol–water partition coefficient (Wildman–Crippen LogP) is 1.99. The van der Waals surface area contributed by atoms with E-state index in [4.69, 9.17) is 21.0 Å². The Balaban J connectivity index is 3.04. The lowest BCUT2D eigenvalue weighted by Crippen LogP contribution is -2.29. The second kappa shape index (κ2) is 7.78. The summed E-state index contributed by atoms with van der Waals surface area (Å²) < 4.78 is 11.3. The van der Waals surface area contributed by atoms with E-state index in [1.165, 1.54) is 0 Å². The van der Waals surface area contributed by atoms with Crippen molar-refractivity contribution in [3.05, 3.63) is 22.2 Å². The number of halogens is 1. The van der Waals surface area contributed by atoms with Crippen molar-refractivity contribution in [3.8, 4) is 23.8 Å². The van der Waals surface area contributed by atoms with Gasteiger partial charge in [-0.1, -0.05) is 5.92 Å². The van der Waals surface area contributed by atoms with Crippen LogP contribution in [0.4, 0.5) is 0 Å². The van der Waals surface area contributed by atoms with Crippen LogP contribution < -0.4 is 9.47 Å². The Morgan fingerprint density at radius 3 is 2.55 bits per heavy atom. The summed E-state index contributed by atoms with van der Waals surface area (Å²) in [4.78, 5) is 12.5. The largest absolute Gasteiger partial charge is 0.496 e. The number of nitrogens with zero attached hydrogens (tertiary/aromatic N) is 1. The molecule has 0 radical (unpaired) electrons. The number of aliphatic carboxylic acids is 1. The highest BCUT2D eigenvalue weighted by Gasteiger charge is 2.15. The molecular weight excluding hydrogens is 326 g/mol. The van der Waals surface area contributed by atoms with Crippen LogP contribution in [0.5, 0.6) is 11.5 Å². The van der Waals surface area contributed by atoms with E-state index >= 15 is 0 Å². The lowest BCUT2D eigenvalue weighted by molar-refractivity contribution is -0.138. The molecule has 20 heavy (non-hydrogen) atoms. The molecule has 0 amide bonds. The van der Waals surface area contributed by atoms with Gasteiger partial charge < -0.3 is 14.6 Å². The van der Waals surface area contributed by atoms with Crippen LogP contribution in [0.3, 0.4) is 0 Å². The average molecular weight is 342 g/mol. The standard InChI is InChI=1S/C14H16BrNO4/c1-4-5-16(9-14(17)18)8-10-6-13(20-3)11(15)7-12(10)19-2/h1,6-7H,5,8-9H2,2-3H3,(H,17,18). The van der Waals surface area contributed by atoms with E-state index in [0.717, 1.165) is 10.0 Å². The maximum absolute atomic E-state index is 10.8. The maximum Gasteiger partial charge on any atom is 0.317 e. The lowest BCUT2D eigenvalue weighted by atomic mass is 10.1. The highest BCUT2D eigenvalue weighted by molar-refractivity contribution is 9.10. The minimum atomic E-state index is -0.928. The SMILES string of the molecule is C#CCN(CC(=O)O)Cc1cc(OC)c(Br)cc1OC. The van der Waals surface area contributed by atoms with Gasteiger partial charge in [-0.3, -0.25) is 9.69 Å². The number of methoxy groups -OCH3 is 2. The fourth-order valence-electron chi connectivity index (χ4n) is 1.78. The smallest absolute Gasteiger partial charge is 0.317 e. The molecule has 0 aliphatic carbocycles. The summed E-state index contributed by atoms with van der Waals surface area (Å²) in [5.74, 6) is 2.82. The number of carboxylic acid groups (broad SMARTS) is 1. The van der Waals surface area contributed by atoms with Crippen LogP contribution in [-0.4, -0.2) is 43.3 Å². The number of ether oxygens (including phenoxy) is 2. The molecule has 0 heterocycles. The Bertz CT molecular complexity index is 525. The monoisotopic (exact) mass is 341 g/mol. The first kappa shape index (κ1) is 16.3. The van der Waals surface area contributed by atoms with E-state index in [0.29, 0.717) is 18.0 Å². The number of benzene rings is 1. The predicted molar refractivity (Wildman–Crippen MR) is 79.0 cm³/mol. The molecule has 0 atom stereocenters. The summed E-state index contributed by atoms with van der Waals surface area (Å²) in [5.41, 5.74) is 0.809. The van der Waals surface area contributed by atoms with Crippen LogP contribution in [0.15, 0.2) is 16.6 Å². The summed E-state index contributed by atoms with van der Waals surface area (Å²) in [6, 6.07) is 3.58. The fraction of sp³-hybridized carbons (Fsp3) is 0.357. The number of rotatable bonds is 7.